The molecule has 1 heterocycles. The van der Waals surface area contributed by atoms with Crippen LogP contribution in [-0.2, 0) is 4.79 Å². The fraction of sp³-hybridized carbons (Fsp3) is 0.286. The third-order valence-electron chi connectivity index (χ3n) is 1.61. The number of carbonyl (C=O) groups is 1. The maximum atomic E-state index is 11.0. The van der Waals surface area contributed by atoms with Gasteiger partial charge in [-0.1, -0.05) is 0 Å². The summed E-state index contributed by atoms with van der Waals surface area (Å²) in [7, 11) is 0. The van der Waals surface area contributed by atoms with Gasteiger partial charge in [-0.3, -0.25) is 10.2 Å². The first-order valence-corrected chi connectivity index (χ1v) is 4.34. The Labute approximate surface area is 74.5 Å². The standard InChI is InChI=1S/C7H11N3OS/c1-4-2-3-12-6(4)5(8)7(11)10-9/h2-3,5H,8-9H2,1H3,(H,10,11). The molecule has 1 unspecified atom stereocenters. The van der Waals surface area contributed by atoms with E-state index < -0.39 is 6.04 Å². The van der Waals surface area contributed by atoms with Crippen molar-refractivity contribution >= 4 is 17.2 Å². The van der Waals surface area contributed by atoms with E-state index >= 15 is 0 Å². The van der Waals surface area contributed by atoms with E-state index in [0.717, 1.165) is 10.4 Å². The highest BCUT2D eigenvalue weighted by Gasteiger charge is 2.17. The molecule has 0 bridgehead atoms. The average molecular weight is 185 g/mol. The van der Waals surface area contributed by atoms with Gasteiger partial charge in [0.1, 0.15) is 6.04 Å². The Bertz CT molecular complexity index is 284. The summed E-state index contributed by atoms with van der Waals surface area (Å²) in [6.07, 6.45) is 0. The van der Waals surface area contributed by atoms with Crippen LogP contribution < -0.4 is 17.0 Å². The van der Waals surface area contributed by atoms with Gasteiger partial charge in [-0.05, 0) is 23.9 Å². The Morgan fingerprint density at radius 3 is 2.83 bits per heavy atom. The highest BCUT2D eigenvalue weighted by molar-refractivity contribution is 7.10. The molecule has 1 amide bonds. The summed E-state index contributed by atoms with van der Waals surface area (Å²) in [5.41, 5.74) is 8.66. The van der Waals surface area contributed by atoms with Crippen molar-refractivity contribution in [3.05, 3.63) is 21.9 Å². The molecule has 1 atom stereocenters. The first-order chi connectivity index (χ1) is 5.66. The third kappa shape index (κ3) is 1.63. The van der Waals surface area contributed by atoms with E-state index in [2.05, 4.69) is 0 Å². The summed E-state index contributed by atoms with van der Waals surface area (Å²) in [4.78, 5) is 11.9. The van der Waals surface area contributed by atoms with Gasteiger partial charge in [0.25, 0.3) is 5.91 Å². The van der Waals surface area contributed by atoms with Crippen LogP contribution >= 0.6 is 11.3 Å². The predicted molar refractivity (Wildman–Crippen MR) is 48.3 cm³/mol. The van der Waals surface area contributed by atoms with Crippen LogP contribution in [-0.4, -0.2) is 5.91 Å². The Hall–Kier alpha value is -0.910. The van der Waals surface area contributed by atoms with Gasteiger partial charge >= 0.3 is 0 Å². The molecule has 0 saturated carbocycles. The maximum Gasteiger partial charge on any atom is 0.256 e. The molecule has 1 aromatic rings. The molecule has 0 spiro atoms. The summed E-state index contributed by atoms with van der Waals surface area (Å²) >= 11 is 1.46. The zero-order chi connectivity index (χ0) is 9.14. The second-order valence-electron chi connectivity index (χ2n) is 2.45. The summed E-state index contributed by atoms with van der Waals surface area (Å²) in [6, 6.07) is 1.28. The second kappa shape index (κ2) is 3.66. The van der Waals surface area contributed by atoms with Crippen molar-refractivity contribution in [2.45, 2.75) is 13.0 Å². The van der Waals surface area contributed by atoms with Crippen molar-refractivity contribution in [1.82, 2.24) is 5.43 Å². The minimum Gasteiger partial charge on any atom is -0.315 e. The van der Waals surface area contributed by atoms with Gasteiger partial charge in [0.05, 0.1) is 0 Å². The largest absolute Gasteiger partial charge is 0.315 e. The summed E-state index contributed by atoms with van der Waals surface area (Å²) in [5, 5.41) is 1.90. The molecule has 0 radical (unpaired) electrons. The van der Waals surface area contributed by atoms with Crippen LogP contribution in [0.2, 0.25) is 0 Å². The van der Waals surface area contributed by atoms with Crippen LogP contribution in [0.25, 0.3) is 0 Å². The smallest absolute Gasteiger partial charge is 0.256 e. The number of hydrogen-bond donors (Lipinski definition) is 3. The fourth-order valence-corrected chi connectivity index (χ4v) is 1.84. The Morgan fingerprint density at radius 1 is 1.75 bits per heavy atom. The van der Waals surface area contributed by atoms with Crippen molar-refractivity contribution in [2.24, 2.45) is 11.6 Å². The molecule has 5 N–H and O–H groups in total. The van der Waals surface area contributed by atoms with Crippen molar-refractivity contribution in [1.29, 1.82) is 0 Å². The van der Waals surface area contributed by atoms with Gasteiger partial charge in [-0.25, -0.2) is 5.84 Å². The first kappa shape index (κ1) is 9.18. The van der Waals surface area contributed by atoms with E-state index in [9.17, 15) is 4.79 Å². The van der Waals surface area contributed by atoms with Gasteiger partial charge in [-0.2, -0.15) is 0 Å². The van der Waals surface area contributed by atoms with Crippen molar-refractivity contribution in [3.63, 3.8) is 0 Å². The molecule has 5 heteroatoms. The van der Waals surface area contributed by atoms with Crippen molar-refractivity contribution in [2.75, 3.05) is 0 Å². The number of amides is 1. The number of thiophene rings is 1. The number of nitrogens with two attached hydrogens (primary N) is 2. The number of carbonyl (C=O) groups excluding carboxylic acids is 1. The van der Waals surface area contributed by atoms with Crippen LogP contribution in [0.4, 0.5) is 0 Å². The Morgan fingerprint density at radius 2 is 2.42 bits per heavy atom. The lowest BCUT2D eigenvalue weighted by atomic mass is 10.2. The summed E-state index contributed by atoms with van der Waals surface area (Å²) < 4.78 is 0. The van der Waals surface area contributed by atoms with Crippen molar-refractivity contribution in [3.8, 4) is 0 Å². The zero-order valence-corrected chi connectivity index (χ0v) is 7.52. The molecule has 4 nitrogen and oxygen atoms in total. The molecule has 0 aromatic carbocycles. The number of hydrazine groups is 1. The third-order valence-corrected chi connectivity index (χ3v) is 2.71. The van der Waals surface area contributed by atoms with Crippen molar-refractivity contribution < 1.29 is 4.79 Å². The van der Waals surface area contributed by atoms with Gasteiger partial charge in [-0.15, -0.1) is 11.3 Å². The average Bonchev–Trinajstić information content (AvgIpc) is 2.48. The molecular weight excluding hydrogens is 174 g/mol. The zero-order valence-electron chi connectivity index (χ0n) is 6.70. The second-order valence-corrected chi connectivity index (χ2v) is 3.40. The molecular formula is C7H11N3OS. The molecule has 1 aromatic heterocycles. The number of aryl methyl sites for hydroxylation is 1. The van der Waals surface area contributed by atoms with E-state index in [4.69, 9.17) is 11.6 Å². The number of hydrogen-bond acceptors (Lipinski definition) is 4. The summed E-state index contributed by atoms with van der Waals surface area (Å²) in [6.45, 7) is 1.91. The van der Waals surface area contributed by atoms with E-state index in [0.29, 0.717) is 0 Å². The lowest BCUT2D eigenvalue weighted by Crippen LogP contribution is -2.38. The predicted octanol–water partition coefficient (Wildman–Crippen LogP) is 0.0462. The van der Waals surface area contributed by atoms with Crippen LogP contribution in [0.5, 0.6) is 0 Å². The lowest BCUT2D eigenvalue weighted by Gasteiger charge is -2.08. The quantitative estimate of drug-likeness (QED) is 0.346. The highest BCUT2D eigenvalue weighted by atomic mass is 32.1. The maximum absolute atomic E-state index is 11.0. The van der Waals surface area contributed by atoms with E-state index in [1.807, 2.05) is 23.8 Å². The molecule has 0 aliphatic carbocycles. The monoisotopic (exact) mass is 185 g/mol. The van der Waals surface area contributed by atoms with Gasteiger partial charge in [0, 0.05) is 4.88 Å². The molecule has 12 heavy (non-hydrogen) atoms. The highest BCUT2D eigenvalue weighted by Crippen LogP contribution is 2.21. The first-order valence-electron chi connectivity index (χ1n) is 3.47. The minimum absolute atomic E-state index is 0.361. The molecule has 0 aliphatic heterocycles. The van der Waals surface area contributed by atoms with E-state index in [1.165, 1.54) is 11.3 Å². The van der Waals surface area contributed by atoms with E-state index in [-0.39, 0.29) is 5.91 Å². The molecule has 0 saturated heterocycles. The normalized spacial score (nSPS) is 12.6. The van der Waals surface area contributed by atoms with Gasteiger partial charge in [0.15, 0.2) is 0 Å². The molecule has 0 aliphatic rings. The number of nitrogens with one attached hydrogen (secondary N) is 1. The van der Waals surface area contributed by atoms with Crippen LogP contribution in [0, 0.1) is 6.92 Å². The molecule has 1 rings (SSSR count). The van der Waals surface area contributed by atoms with Crippen LogP contribution in [0.15, 0.2) is 11.4 Å². The number of rotatable bonds is 2. The Kier molecular flexibility index (Phi) is 2.80. The molecule has 0 fully saturated rings. The molecule has 66 valence electrons. The van der Waals surface area contributed by atoms with Gasteiger partial charge in [0.2, 0.25) is 0 Å². The van der Waals surface area contributed by atoms with Gasteiger partial charge < -0.3 is 5.73 Å². The SMILES string of the molecule is Cc1ccsc1C(N)C(=O)NN. The topological polar surface area (TPSA) is 81.1 Å². The van der Waals surface area contributed by atoms with Crippen LogP contribution in [0.3, 0.4) is 0 Å². The lowest BCUT2D eigenvalue weighted by molar-refractivity contribution is -0.122. The van der Waals surface area contributed by atoms with Crippen LogP contribution in [0.1, 0.15) is 16.5 Å². The Balaban J connectivity index is 2.84. The van der Waals surface area contributed by atoms with E-state index in [1.54, 1.807) is 0 Å². The summed E-state index contributed by atoms with van der Waals surface area (Å²) in [5.74, 6) is 4.59. The fourth-order valence-electron chi connectivity index (χ4n) is 0.912. The minimum atomic E-state index is -0.644.